The Hall–Kier alpha value is -3.69. The molecule has 33 heavy (non-hydrogen) atoms. The quantitative estimate of drug-likeness (QED) is 0.407. The molecule has 3 N–H and O–H groups in total. The lowest BCUT2D eigenvalue weighted by Crippen LogP contribution is -2.36. The topological polar surface area (TPSA) is 99.3 Å². The van der Waals surface area contributed by atoms with Crippen LogP contribution in [0.5, 0.6) is 0 Å². The van der Waals surface area contributed by atoms with Gasteiger partial charge in [0.25, 0.3) is 11.8 Å². The first-order valence-corrected chi connectivity index (χ1v) is 11.5. The molecule has 1 fully saturated rings. The molecule has 168 valence electrons. The second-order valence-electron chi connectivity index (χ2n) is 7.70. The summed E-state index contributed by atoms with van der Waals surface area (Å²) in [6.07, 6.45) is 0. The monoisotopic (exact) mass is 461 g/mol. The van der Waals surface area contributed by atoms with Gasteiger partial charge in [0.2, 0.25) is 0 Å². The lowest BCUT2D eigenvalue weighted by Gasteiger charge is -2.28. The van der Waals surface area contributed by atoms with Gasteiger partial charge in [-0.05, 0) is 35.9 Å². The van der Waals surface area contributed by atoms with Crippen LogP contribution in [0.1, 0.15) is 25.6 Å². The number of hydrogen-bond acceptors (Lipinski definition) is 6. The number of benzene rings is 2. The number of nitrogens with zero attached hydrogens (tertiary/aromatic N) is 2. The Morgan fingerprint density at radius 3 is 2.55 bits per heavy atom. The lowest BCUT2D eigenvalue weighted by atomic mass is 10.1. The van der Waals surface area contributed by atoms with Crippen molar-refractivity contribution in [3.63, 3.8) is 0 Å². The first-order valence-electron chi connectivity index (χ1n) is 10.7. The Labute approximate surface area is 194 Å². The van der Waals surface area contributed by atoms with Gasteiger partial charge in [-0.3, -0.25) is 14.7 Å². The number of fused-ring (bicyclic) bond motifs is 1. The molecule has 1 saturated heterocycles. The summed E-state index contributed by atoms with van der Waals surface area (Å²) >= 11 is 1.28. The number of rotatable bonds is 6. The van der Waals surface area contributed by atoms with Gasteiger partial charge in [0.05, 0.1) is 23.5 Å². The Bertz CT molecular complexity index is 1260. The fourth-order valence-corrected chi connectivity index (χ4v) is 4.63. The number of carbonyl (C=O) groups is 2. The highest BCUT2D eigenvalue weighted by atomic mass is 32.1. The summed E-state index contributed by atoms with van der Waals surface area (Å²) in [6, 6.07) is 19.0. The number of morpholine rings is 1. The maximum atomic E-state index is 12.8. The molecule has 0 aliphatic carbocycles. The van der Waals surface area contributed by atoms with Gasteiger partial charge in [-0.1, -0.05) is 30.3 Å². The summed E-state index contributed by atoms with van der Waals surface area (Å²) in [5.74, 6) is 0.0683. The third kappa shape index (κ3) is 4.74. The Morgan fingerprint density at radius 2 is 1.79 bits per heavy atom. The van der Waals surface area contributed by atoms with Gasteiger partial charge in [-0.25, -0.2) is 0 Å². The smallest absolute Gasteiger partial charge is 0.261 e. The van der Waals surface area contributed by atoms with E-state index in [2.05, 4.69) is 25.7 Å². The van der Waals surface area contributed by atoms with Gasteiger partial charge in [0.1, 0.15) is 10.6 Å². The second-order valence-corrected chi connectivity index (χ2v) is 8.73. The van der Waals surface area contributed by atoms with E-state index in [-0.39, 0.29) is 11.8 Å². The number of carbonyl (C=O) groups excluding carboxylic acids is 2. The number of H-pyrrole nitrogens is 1. The van der Waals surface area contributed by atoms with E-state index in [9.17, 15) is 9.59 Å². The van der Waals surface area contributed by atoms with Gasteiger partial charge in [-0.2, -0.15) is 5.10 Å². The minimum absolute atomic E-state index is 0.169. The number of nitrogens with one attached hydrogen (secondary N) is 3. The lowest BCUT2D eigenvalue weighted by molar-refractivity contribution is 0.0954. The summed E-state index contributed by atoms with van der Waals surface area (Å²) in [5, 5.41) is 13.6. The van der Waals surface area contributed by atoms with Crippen LogP contribution < -0.4 is 15.5 Å². The maximum absolute atomic E-state index is 12.8. The summed E-state index contributed by atoms with van der Waals surface area (Å²) in [7, 11) is 0. The molecule has 3 heterocycles. The standard InChI is InChI=1S/C24H23N5O3S/c30-22(17-6-8-18(9-7-17)29-10-12-32-13-11-29)26-21-19-14-20(33-24(19)28-27-21)23(31)25-15-16-4-2-1-3-5-16/h1-9,14H,10-13,15H2,(H,25,31)(H2,26,27,28,30). The number of aromatic nitrogens is 2. The van der Waals surface area contributed by atoms with Crippen LogP contribution in [0.4, 0.5) is 11.5 Å². The molecular formula is C24H23N5O3S. The Kier molecular flexibility index (Phi) is 6.05. The summed E-state index contributed by atoms with van der Waals surface area (Å²) in [6.45, 7) is 3.56. The minimum atomic E-state index is -0.240. The fraction of sp³-hybridized carbons (Fsp3) is 0.208. The highest BCUT2D eigenvalue weighted by Gasteiger charge is 2.17. The molecule has 2 aromatic carbocycles. The number of thiophene rings is 1. The molecule has 0 unspecified atom stereocenters. The van der Waals surface area contributed by atoms with E-state index in [4.69, 9.17) is 4.74 Å². The second kappa shape index (κ2) is 9.43. The summed E-state index contributed by atoms with van der Waals surface area (Å²) in [4.78, 5) is 28.8. The highest BCUT2D eigenvalue weighted by molar-refractivity contribution is 7.20. The van der Waals surface area contributed by atoms with Crippen molar-refractivity contribution in [1.29, 1.82) is 0 Å². The first-order chi connectivity index (χ1) is 16.2. The summed E-state index contributed by atoms with van der Waals surface area (Å²) in [5.41, 5.74) is 2.65. The zero-order valence-corrected chi connectivity index (χ0v) is 18.7. The third-order valence-corrected chi connectivity index (χ3v) is 6.54. The first kappa shape index (κ1) is 21.2. The van der Waals surface area contributed by atoms with Gasteiger partial charge in [0, 0.05) is 30.9 Å². The van der Waals surface area contributed by atoms with E-state index in [1.165, 1.54) is 11.3 Å². The van der Waals surface area contributed by atoms with E-state index < -0.39 is 0 Å². The van der Waals surface area contributed by atoms with Crippen LogP contribution in [0, 0.1) is 0 Å². The van der Waals surface area contributed by atoms with Crippen molar-refractivity contribution < 1.29 is 14.3 Å². The molecule has 0 spiro atoms. The molecular weight excluding hydrogens is 438 g/mol. The number of amides is 2. The molecule has 8 nitrogen and oxygen atoms in total. The van der Waals surface area contributed by atoms with Gasteiger partial charge in [0.15, 0.2) is 0 Å². The van der Waals surface area contributed by atoms with Crippen LogP contribution in [0.25, 0.3) is 10.2 Å². The van der Waals surface area contributed by atoms with Crippen molar-refractivity contribution in [1.82, 2.24) is 15.5 Å². The van der Waals surface area contributed by atoms with Crippen LogP contribution in [-0.4, -0.2) is 48.3 Å². The third-order valence-electron chi connectivity index (χ3n) is 5.52. The molecule has 5 rings (SSSR count). The molecule has 0 radical (unpaired) electrons. The number of anilines is 2. The molecule has 0 atom stereocenters. The zero-order valence-electron chi connectivity index (χ0n) is 17.8. The van der Waals surface area contributed by atoms with E-state index in [1.807, 2.05) is 54.6 Å². The molecule has 0 saturated carbocycles. The van der Waals surface area contributed by atoms with Crippen LogP contribution in [0.15, 0.2) is 60.7 Å². The molecule has 4 aromatic rings. The van der Waals surface area contributed by atoms with Crippen LogP contribution in [-0.2, 0) is 11.3 Å². The predicted molar refractivity (Wildman–Crippen MR) is 129 cm³/mol. The van der Waals surface area contributed by atoms with Crippen molar-refractivity contribution in [2.24, 2.45) is 0 Å². The molecule has 2 amide bonds. The molecule has 1 aliphatic rings. The number of hydrogen-bond donors (Lipinski definition) is 3. The summed E-state index contributed by atoms with van der Waals surface area (Å²) < 4.78 is 5.39. The van der Waals surface area contributed by atoms with Crippen molar-refractivity contribution in [3.8, 4) is 0 Å². The maximum Gasteiger partial charge on any atom is 0.261 e. The van der Waals surface area contributed by atoms with Crippen molar-refractivity contribution >= 4 is 44.9 Å². The van der Waals surface area contributed by atoms with Crippen LogP contribution >= 0.6 is 11.3 Å². The highest BCUT2D eigenvalue weighted by Crippen LogP contribution is 2.29. The van der Waals surface area contributed by atoms with E-state index >= 15 is 0 Å². The van der Waals surface area contributed by atoms with E-state index in [1.54, 1.807) is 6.07 Å². The van der Waals surface area contributed by atoms with Gasteiger partial charge >= 0.3 is 0 Å². The predicted octanol–water partition coefficient (Wildman–Crippen LogP) is 3.64. The normalized spacial score (nSPS) is 13.8. The Balaban J connectivity index is 1.25. The largest absolute Gasteiger partial charge is 0.378 e. The van der Waals surface area contributed by atoms with E-state index in [0.717, 1.165) is 24.3 Å². The average molecular weight is 462 g/mol. The van der Waals surface area contributed by atoms with E-state index in [0.29, 0.717) is 46.2 Å². The molecule has 9 heteroatoms. The fourth-order valence-electron chi connectivity index (χ4n) is 3.71. The average Bonchev–Trinajstić information content (AvgIpc) is 3.46. The zero-order chi connectivity index (χ0) is 22.6. The molecule has 2 aromatic heterocycles. The van der Waals surface area contributed by atoms with Crippen LogP contribution in [0.2, 0.25) is 0 Å². The molecule has 0 bridgehead atoms. The number of aromatic amines is 1. The van der Waals surface area contributed by atoms with Crippen molar-refractivity contribution in [2.45, 2.75) is 6.54 Å². The van der Waals surface area contributed by atoms with Crippen molar-refractivity contribution in [3.05, 3.63) is 76.7 Å². The molecule has 1 aliphatic heterocycles. The SMILES string of the molecule is O=C(Nc1[nH]nc2sc(C(=O)NCc3ccccc3)cc12)c1ccc(N2CCOCC2)cc1. The van der Waals surface area contributed by atoms with Crippen molar-refractivity contribution in [2.75, 3.05) is 36.5 Å². The minimum Gasteiger partial charge on any atom is -0.378 e. The Morgan fingerprint density at radius 1 is 1.03 bits per heavy atom. The van der Waals surface area contributed by atoms with Gasteiger partial charge in [-0.15, -0.1) is 11.3 Å². The number of ether oxygens (including phenoxy) is 1. The van der Waals surface area contributed by atoms with Gasteiger partial charge < -0.3 is 20.3 Å². The van der Waals surface area contributed by atoms with Crippen LogP contribution in [0.3, 0.4) is 0 Å².